The first-order chi connectivity index (χ1) is 11.9. The van der Waals surface area contributed by atoms with Crippen molar-refractivity contribution in [1.29, 1.82) is 0 Å². The Bertz CT molecular complexity index is 806. The monoisotopic (exact) mass is 386 g/mol. The lowest BCUT2D eigenvalue weighted by molar-refractivity contribution is 0.0447. The minimum atomic E-state index is -0.834. The van der Waals surface area contributed by atoms with Crippen LogP contribution >= 0.6 is 23.4 Å². The van der Waals surface area contributed by atoms with Gasteiger partial charge in [-0.1, -0.05) is 23.4 Å². The normalized spacial score (nSPS) is 21.0. The van der Waals surface area contributed by atoms with Gasteiger partial charge in [-0.15, -0.1) is 0 Å². The first-order valence-electron chi connectivity index (χ1n) is 8.07. The summed E-state index contributed by atoms with van der Waals surface area (Å²) in [5.74, 6) is 0.0282. The van der Waals surface area contributed by atoms with E-state index in [1.807, 2.05) is 18.1 Å². The first-order valence-corrected chi connectivity index (χ1v) is 9.67. The number of β-amino-alcohol motifs (C(OH)–C–C–N with tert-alkyl or cyclic N) is 1. The summed E-state index contributed by atoms with van der Waals surface area (Å²) in [6.45, 7) is 5.05. The topological polar surface area (TPSA) is 71.4 Å². The molecule has 3 heterocycles. The predicted molar refractivity (Wildman–Crippen MR) is 97.3 cm³/mol. The largest absolute Gasteiger partial charge is 0.477 e. The lowest BCUT2D eigenvalue weighted by Gasteiger charge is -2.38. The number of nitrogens with zero attached hydrogens (tertiary/aromatic N) is 4. The molecule has 0 spiro atoms. The van der Waals surface area contributed by atoms with E-state index in [2.05, 4.69) is 15.0 Å². The summed E-state index contributed by atoms with van der Waals surface area (Å²) in [6.07, 6.45) is 3.33. The van der Waals surface area contributed by atoms with Gasteiger partial charge in [0.05, 0.1) is 12.2 Å². The summed E-state index contributed by atoms with van der Waals surface area (Å²) in [7, 11) is 0. The van der Waals surface area contributed by atoms with Gasteiger partial charge in [0.25, 0.3) is 0 Å². The van der Waals surface area contributed by atoms with E-state index in [1.165, 1.54) is 11.8 Å². The lowest BCUT2D eigenvalue weighted by Crippen LogP contribution is -2.46. The second kappa shape index (κ2) is 7.09. The Morgan fingerprint density at radius 3 is 2.80 bits per heavy atom. The fourth-order valence-corrected chi connectivity index (χ4v) is 3.57. The van der Waals surface area contributed by atoms with Crippen LogP contribution in [0, 0.1) is 5.82 Å². The van der Waals surface area contributed by atoms with Crippen LogP contribution in [0.1, 0.15) is 26.7 Å². The van der Waals surface area contributed by atoms with Crippen molar-refractivity contribution in [2.75, 3.05) is 30.9 Å². The molecule has 0 unspecified atom stereocenters. The van der Waals surface area contributed by atoms with Crippen LogP contribution in [-0.2, 0) is 0 Å². The molecule has 0 bridgehead atoms. The maximum absolute atomic E-state index is 14.6. The van der Waals surface area contributed by atoms with Crippen molar-refractivity contribution in [2.45, 2.75) is 37.4 Å². The molecule has 3 rings (SSSR count). The summed E-state index contributed by atoms with van der Waals surface area (Å²) in [5, 5.41) is 11.0. The van der Waals surface area contributed by atoms with Crippen molar-refractivity contribution < 1.29 is 14.2 Å². The number of aliphatic hydroxyl groups is 1. The van der Waals surface area contributed by atoms with Crippen molar-refractivity contribution in [3.8, 4) is 5.88 Å². The number of ether oxygens (including phenoxy) is 1. The van der Waals surface area contributed by atoms with Gasteiger partial charge in [0, 0.05) is 13.1 Å². The molecular formula is C16H20ClFN4O2S. The maximum atomic E-state index is 14.6. The number of hydrogen-bond acceptors (Lipinski definition) is 7. The summed E-state index contributed by atoms with van der Waals surface area (Å²) < 4.78 is 20.2. The van der Waals surface area contributed by atoms with Crippen molar-refractivity contribution in [3.05, 3.63) is 11.0 Å². The van der Waals surface area contributed by atoms with Gasteiger partial charge in [0.1, 0.15) is 16.7 Å². The molecule has 0 amide bonds. The third kappa shape index (κ3) is 3.61. The number of thioether (sulfide) groups is 1. The van der Waals surface area contributed by atoms with Gasteiger partial charge in [-0.3, -0.25) is 0 Å². The molecule has 9 heteroatoms. The molecule has 1 aliphatic heterocycles. The third-order valence-electron chi connectivity index (χ3n) is 4.11. The van der Waals surface area contributed by atoms with Gasteiger partial charge in [0.15, 0.2) is 16.1 Å². The van der Waals surface area contributed by atoms with Crippen molar-refractivity contribution in [3.63, 3.8) is 0 Å². The number of rotatable bonds is 4. The van der Waals surface area contributed by atoms with Crippen LogP contribution in [0.4, 0.5) is 10.2 Å². The molecule has 2 aromatic heterocycles. The highest BCUT2D eigenvalue weighted by molar-refractivity contribution is 7.98. The van der Waals surface area contributed by atoms with E-state index in [9.17, 15) is 9.50 Å². The number of hydrogen-bond donors (Lipinski definition) is 1. The Morgan fingerprint density at radius 1 is 1.40 bits per heavy atom. The summed E-state index contributed by atoms with van der Waals surface area (Å²) >= 11 is 7.23. The quantitative estimate of drug-likeness (QED) is 0.491. The van der Waals surface area contributed by atoms with Gasteiger partial charge in [0.2, 0.25) is 5.88 Å². The Labute approximate surface area is 154 Å². The zero-order chi connectivity index (χ0) is 18.2. The lowest BCUT2D eigenvalue weighted by atomic mass is 9.95. The van der Waals surface area contributed by atoms with E-state index in [0.29, 0.717) is 42.5 Å². The van der Waals surface area contributed by atoms with E-state index >= 15 is 0 Å². The van der Waals surface area contributed by atoms with E-state index in [4.69, 9.17) is 16.3 Å². The number of halogens is 2. The molecular weight excluding hydrogens is 367 g/mol. The highest BCUT2D eigenvalue weighted by atomic mass is 35.5. The molecule has 0 radical (unpaired) electrons. The van der Waals surface area contributed by atoms with E-state index < -0.39 is 11.4 Å². The molecule has 1 aliphatic rings. The standard InChI is InChI=1S/C16H20ClFN4O2S/c1-4-24-14-9-11(10(18)12(17)20-14)19-15(25-3)21-13(9)22-7-5-6-16(2,23)8-22/h23H,4-8H2,1-3H3/t16-/m1/s1. The van der Waals surface area contributed by atoms with Crippen molar-refractivity contribution in [2.24, 2.45) is 0 Å². The Kier molecular flexibility index (Phi) is 5.22. The van der Waals surface area contributed by atoms with Crippen LogP contribution in [-0.4, -0.2) is 51.6 Å². The molecule has 0 saturated carbocycles. The summed E-state index contributed by atoms with van der Waals surface area (Å²) in [6, 6.07) is 0. The van der Waals surface area contributed by atoms with Gasteiger partial charge >= 0.3 is 0 Å². The smallest absolute Gasteiger partial charge is 0.228 e. The number of piperidine rings is 1. The van der Waals surface area contributed by atoms with E-state index in [-0.39, 0.29) is 16.5 Å². The van der Waals surface area contributed by atoms with E-state index in [1.54, 1.807) is 6.92 Å². The Hall–Kier alpha value is -1.38. The van der Waals surface area contributed by atoms with Gasteiger partial charge in [-0.2, -0.15) is 4.98 Å². The SMILES string of the molecule is CCOc1nc(Cl)c(F)c2nc(SC)nc(N3CCC[C@@](C)(O)C3)c12. The number of aromatic nitrogens is 3. The molecule has 0 aromatic carbocycles. The minimum absolute atomic E-state index is 0.0861. The molecule has 1 fully saturated rings. The number of pyridine rings is 1. The van der Waals surface area contributed by atoms with Gasteiger partial charge in [-0.25, -0.2) is 14.4 Å². The van der Waals surface area contributed by atoms with Gasteiger partial charge < -0.3 is 14.7 Å². The highest BCUT2D eigenvalue weighted by Gasteiger charge is 2.32. The summed E-state index contributed by atoms with van der Waals surface area (Å²) in [4.78, 5) is 14.8. The average molecular weight is 387 g/mol. The predicted octanol–water partition coefficient (Wildman–Crippen LogP) is 3.29. The fraction of sp³-hybridized carbons (Fsp3) is 0.562. The second-order valence-electron chi connectivity index (χ2n) is 6.23. The number of anilines is 1. The first kappa shape index (κ1) is 18.4. The van der Waals surface area contributed by atoms with Crippen LogP contribution in [0.2, 0.25) is 5.15 Å². The molecule has 1 atom stereocenters. The third-order valence-corrected chi connectivity index (χ3v) is 4.91. The zero-order valence-corrected chi connectivity index (χ0v) is 15.9. The molecule has 2 aromatic rings. The van der Waals surface area contributed by atoms with Crippen LogP contribution in [0.3, 0.4) is 0 Å². The second-order valence-corrected chi connectivity index (χ2v) is 7.37. The minimum Gasteiger partial charge on any atom is -0.477 e. The van der Waals surface area contributed by atoms with Crippen LogP contribution in [0.15, 0.2) is 5.16 Å². The maximum Gasteiger partial charge on any atom is 0.228 e. The van der Waals surface area contributed by atoms with E-state index in [0.717, 1.165) is 6.42 Å². The summed E-state index contributed by atoms with van der Waals surface area (Å²) in [5.41, 5.74) is -0.748. The fourth-order valence-electron chi connectivity index (χ4n) is 3.04. The highest BCUT2D eigenvalue weighted by Crippen LogP contribution is 2.38. The van der Waals surface area contributed by atoms with Crippen molar-refractivity contribution >= 4 is 40.1 Å². The molecule has 25 heavy (non-hydrogen) atoms. The Morgan fingerprint density at radius 2 is 2.16 bits per heavy atom. The average Bonchev–Trinajstić information content (AvgIpc) is 2.57. The molecule has 6 nitrogen and oxygen atoms in total. The number of fused-ring (bicyclic) bond motifs is 1. The Balaban J connectivity index is 2.27. The van der Waals surface area contributed by atoms with Crippen molar-refractivity contribution in [1.82, 2.24) is 15.0 Å². The molecule has 136 valence electrons. The van der Waals surface area contributed by atoms with Crippen LogP contribution < -0.4 is 9.64 Å². The molecule has 1 N–H and O–H groups in total. The molecule has 1 saturated heterocycles. The zero-order valence-electron chi connectivity index (χ0n) is 14.3. The molecule has 0 aliphatic carbocycles. The van der Waals surface area contributed by atoms with Crippen LogP contribution in [0.25, 0.3) is 10.9 Å². The van der Waals surface area contributed by atoms with Crippen LogP contribution in [0.5, 0.6) is 5.88 Å². The van der Waals surface area contributed by atoms with Gasteiger partial charge in [-0.05, 0) is 32.9 Å².